The molecule has 0 saturated carbocycles. The molecule has 0 unspecified atom stereocenters. The van der Waals surface area contributed by atoms with Crippen molar-refractivity contribution in [1.29, 1.82) is 0 Å². The van der Waals surface area contributed by atoms with Gasteiger partial charge in [-0.2, -0.15) is 0 Å². The SMILES string of the molecule is CNS(=O)(=O)c1ccc(Oc2ccc([N+](=O)[O-])cc2)cc1. The van der Waals surface area contributed by atoms with Crippen molar-refractivity contribution in [1.82, 2.24) is 4.72 Å². The van der Waals surface area contributed by atoms with Crippen molar-refractivity contribution < 1.29 is 18.1 Å². The third kappa shape index (κ3) is 3.56. The molecule has 2 aromatic carbocycles. The first kappa shape index (κ1) is 14.9. The molecule has 0 fully saturated rings. The number of non-ortho nitro benzene ring substituents is 1. The van der Waals surface area contributed by atoms with E-state index >= 15 is 0 Å². The minimum atomic E-state index is -3.48. The maximum atomic E-state index is 11.6. The zero-order chi connectivity index (χ0) is 15.5. The summed E-state index contributed by atoms with van der Waals surface area (Å²) in [4.78, 5) is 10.2. The predicted molar refractivity (Wildman–Crippen MR) is 75.9 cm³/mol. The molecule has 110 valence electrons. The summed E-state index contributed by atoms with van der Waals surface area (Å²) in [6.07, 6.45) is 0. The monoisotopic (exact) mass is 308 g/mol. The van der Waals surface area contributed by atoms with E-state index in [-0.39, 0.29) is 10.6 Å². The third-order valence-corrected chi connectivity index (χ3v) is 4.12. The van der Waals surface area contributed by atoms with E-state index in [2.05, 4.69) is 4.72 Å². The highest BCUT2D eigenvalue weighted by atomic mass is 32.2. The van der Waals surface area contributed by atoms with Gasteiger partial charge in [0.1, 0.15) is 11.5 Å². The summed E-state index contributed by atoms with van der Waals surface area (Å²) in [5.41, 5.74) is -0.0298. The fourth-order valence-electron chi connectivity index (χ4n) is 1.58. The van der Waals surface area contributed by atoms with Crippen LogP contribution in [0.3, 0.4) is 0 Å². The number of hydrogen-bond acceptors (Lipinski definition) is 5. The average molecular weight is 308 g/mol. The van der Waals surface area contributed by atoms with Crippen LogP contribution in [-0.2, 0) is 10.0 Å². The lowest BCUT2D eigenvalue weighted by molar-refractivity contribution is -0.384. The lowest BCUT2D eigenvalue weighted by atomic mass is 10.3. The van der Waals surface area contributed by atoms with Crippen LogP contribution in [0.5, 0.6) is 11.5 Å². The van der Waals surface area contributed by atoms with Gasteiger partial charge >= 0.3 is 0 Å². The Kier molecular flexibility index (Phi) is 4.20. The van der Waals surface area contributed by atoms with Gasteiger partial charge in [-0.1, -0.05) is 0 Å². The Labute approximate surface area is 121 Å². The van der Waals surface area contributed by atoms with E-state index < -0.39 is 14.9 Å². The second-order valence-corrected chi connectivity index (χ2v) is 5.92. The Morgan fingerprint density at radius 3 is 1.90 bits per heavy atom. The van der Waals surface area contributed by atoms with Crippen molar-refractivity contribution in [2.75, 3.05) is 7.05 Å². The molecule has 0 spiro atoms. The number of ether oxygens (including phenoxy) is 1. The van der Waals surface area contributed by atoms with E-state index in [0.717, 1.165) is 0 Å². The topological polar surface area (TPSA) is 98.5 Å². The van der Waals surface area contributed by atoms with Crippen LogP contribution in [0.15, 0.2) is 53.4 Å². The molecule has 7 nitrogen and oxygen atoms in total. The Balaban J connectivity index is 2.15. The second-order valence-electron chi connectivity index (χ2n) is 4.03. The summed E-state index contributed by atoms with van der Waals surface area (Å²) in [6.45, 7) is 0. The van der Waals surface area contributed by atoms with Crippen LogP contribution in [0.25, 0.3) is 0 Å². The van der Waals surface area contributed by atoms with Crippen LogP contribution < -0.4 is 9.46 Å². The van der Waals surface area contributed by atoms with Crippen molar-refractivity contribution in [3.63, 3.8) is 0 Å². The van der Waals surface area contributed by atoms with Gasteiger partial charge in [0.25, 0.3) is 5.69 Å². The second kappa shape index (κ2) is 5.90. The van der Waals surface area contributed by atoms with Gasteiger partial charge in [0.2, 0.25) is 10.0 Å². The number of nitro groups is 1. The van der Waals surface area contributed by atoms with Crippen molar-refractivity contribution in [3.8, 4) is 11.5 Å². The Morgan fingerprint density at radius 1 is 1.00 bits per heavy atom. The Bertz CT molecular complexity index is 739. The largest absolute Gasteiger partial charge is 0.457 e. The van der Waals surface area contributed by atoms with E-state index in [1.165, 1.54) is 55.6 Å². The van der Waals surface area contributed by atoms with Gasteiger partial charge in [-0.05, 0) is 43.4 Å². The molecule has 1 N–H and O–H groups in total. The van der Waals surface area contributed by atoms with Crippen LogP contribution in [0, 0.1) is 10.1 Å². The van der Waals surface area contributed by atoms with Crippen LogP contribution in [-0.4, -0.2) is 20.4 Å². The first-order valence-electron chi connectivity index (χ1n) is 5.88. The molecular weight excluding hydrogens is 296 g/mol. The van der Waals surface area contributed by atoms with Crippen LogP contribution >= 0.6 is 0 Å². The molecule has 2 aromatic rings. The van der Waals surface area contributed by atoms with Gasteiger partial charge in [0, 0.05) is 12.1 Å². The molecule has 8 heteroatoms. The number of benzene rings is 2. The number of nitrogens with one attached hydrogen (secondary N) is 1. The van der Waals surface area contributed by atoms with Crippen molar-refractivity contribution >= 4 is 15.7 Å². The van der Waals surface area contributed by atoms with Crippen molar-refractivity contribution in [2.45, 2.75) is 4.90 Å². The number of hydrogen-bond donors (Lipinski definition) is 1. The van der Waals surface area contributed by atoms with E-state index in [1.54, 1.807) is 0 Å². The molecule has 0 atom stereocenters. The van der Waals surface area contributed by atoms with Gasteiger partial charge < -0.3 is 4.74 Å². The smallest absolute Gasteiger partial charge is 0.269 e. The third-order valence-electron chi connectivity index (χ3n) is 2.69. The Morgan fingerprint density at radius 2 is 1.48 bits per heavy atom. The van der Waals surface area contributed by atoms with Gasteiger partial charge in [-0.25, -0.2) is 13.1 Å². The predicted octanol–water partition coefficient (Wildman–Crippen LogP) is 2.30. The van der Waals surface area contributed by atoms with E-state index in [1.807, 2.05) is 0 Å². The quantitative estimate of drug-likeness (QED) is 0.675. The van der Waals surface area contributed by atoms with Crippen LogP contribution in [0.1, 0.15) is 0 Å². The van der Waals surface area contributed by atoms with E-state index in [4.69, 9.17) is 4.74 Å². The fourth-order valence-corrected chi connectivity index (χ4v) is 2.31. The number of nitrogens with zero attached hydrogens (tertiary/aromatic N) is 1. The summed E-state index contributed by atoms with van der Waals surface area (Å²) >= 11 is 0. The maximum Gasteiger partial charge on any atom is 0.269 e. The van der Waals surface area contributed by atoms with Gasteiger partial charge in [0.15, 0.2) is 0 Å². The fraction of sp³-hybridized carbons (Fsp3) is 0.0769. The first-order chi connectivity index (χ1) is 9.92. The van der Waals surface area contributed by atoms with E-state index in [0.29, 0.717) is 11.5 Å². The molecule has 0 aliphatic carbocycles. The van der Waals surface area contributed by atoms with E-state index in [9.17, 15) is 18.5 Å². The van der Waals surface area contributed by atoms with Gasteiger partial charge in [-0.3, -0.25) is 10.1 Å². The highest BCUT2D eigenvalue weighted by molar-refractivity contribution is 7.89. The summed E-state index contributed by atoms with van der Waals surface area (Å²) in [7, 11) is -2.15. The normalized spacial score (nSPS) is 11.1. The lowest BCUT2D eigenvalue weighted by Gasteiger charge is -2.07. The first-order valence-corrected chi connectivity index (χ1v) is 7.36. The Hall–Kier alpha value is -2.45. The van der Waals surface area contributed by atoms with Gasteiger partial charge in [-0.15, -0.1) is 0 Å². The maximum absolute atomic E-state index is 11.6. The molecule has 2 rings (SSSR count). The van der Waals surface area contributed by atoms with Gasteiger partial charge in [0.05, 0.1) is 9.82 Å². The number of sulfonamides is 1. The molecule has 0 aliphatic heterocycles. The van der Waals surface area contributed by atoms with Crippen LogP contribution in [0.2, 0.25) is 0 Å². The highest BCUT2D eigenvalue weighted by Crippen LogP contribution is 2.24. The minimum absolute atomic E-state index is 0.0298. The zero-order valence-corrected chi connectivity index (χ0v) is 11.8. The molecule has 0 amide bonds. The molecule has 0 aliphatic rings. The highest BCUT2D eigenvalue weighted by Gasteiger charge is 2.11. The molecule has 0 saturated heterocycles. The average Bonchev–Trinajstić information content (AvgIpc) is 2.48. The number of rotatable bonds is 5. The lowest BCUT2D eigenvalue weighted by Crippen LogP contribution is -2.18. The summed E-state index contributed by atoms with van der Waals surface area (Å²) in [5.74, 6) is 0.851. The minimum Gasteiger partial charge on any atom is -0.457 e. The number of nitro benzene ring substituents is 1. The standard InChI is InChI=1S/C13H12N2O5S/c1-14-21(18,19)13-8-6-12(7-9-13)20-11-4-2-10(3-5-11)15(16)17/h2-9,14H,1H3. The van der Waals surface area contributed by atoms with Crippen LogP contribution in [0.4, 0.5) is 5.69 Å². The molecular formula is C13H12N2O5S. The molecule has 0 aromatic heterocycles. The zero-order valence-electron chi connectivity index (χ0n) is 11.0. The molecule has 0 radical (unpaired) electrons. The summed E-state index contributed by atoms with van der Waals surface area (Å²) < 4.78 is 30.8. The molecule has 0 bridgehead atoms. The molecule has 0 heterocycles. The van der Waals surface area contributed by atoms with Crippen molar-refractivity contribution in [3.05, 3.63) is 58.6 Å². The van der Waals surface area contributed by atoms with Crippen molar-refractivity contribution in [2.24, 2.45) is 0 Å². The molecule has 21 heavy (non-hydrogen) atoms. The summed E-state index contributed by atoms with van der Waals surface area (Å²) in [5, 5.41) is 10.5. The summed E-state index contributed by atoms with van der Waals surface area (Å²) in [6, 6.07) is 11.4.